The van der Waals surface area contributed by atoms with Gasteiger partial charge in [0, 0.05) is 22.5 Å². The zero-order chi connectivity index (χ0) is 12.4. The Labute approximate surface area is 116 Å². The molecule has 2 atom stereocenters. The summed E-state index contributed by atoms with van der Waals surface area (Å²) in [6, 6.07) is 5.34. The van der Waals surface area contributed by atoms with E-state index in [4.69, 9.17) is 0 Å². The van der Waals surface area contributed by atoms with Crippen LogP contribution in [0.2, 0.25) is 0 Å². The maximum absolute atomic E-state index is 4.46. The van der Waals surface area contributed by atoms with Crippen LogP contribution in [-0.2, 0) is 0 Å². The van der Waals surface area contributed by atoms with E-state index in [0.29, 0.717) is 12.1 Å². The van der Waals surface area contributed by atoms with E-state index in [2.05, 4.69) is 40.1 Å². The molecule has 1 aliphatic rings. The van der Waals surface area contributed by atoms with Crippen molar-refractivity contribution in [3.63, 3.8) is 0 Å². The standard InChI is InChI=1S/C14H18N2S2/c1-2-11(14-15-7-9-18-14)16-13(10-5-6-10)12-4-3-8-17-12/h3-4,7-11,13,16H,2,5-6H2,1H3. The minimum atomic E-state index is 0.401. The molecule has 0 saturated heterocycles. The molecule has 3 rings (SSSR count). The van der Waals surface area contributed by atoms with Crippen LogP contribution < -0.4 is 5.32 Å². The lowest BCUT2D eigenvalue weighted by Gasteiger charge is -2.23. The van der Waals surface area contributed by atoms with Crippen LogP contribution in [0, 0.1) is 5.92 Å². The Hall–Kier alpha value is -0.710. The number of nitrogens with zero attached hydrogens (tertiary/aromatic N) is 1. The zero-order valence-corrected chi connectivity index (χ0v) is 12.1. The second kappa shape index (κ2) is 5.51. The fourth-order valence-corrected chi connectivity index (χ4v) is 4.00. The van der Waals surface area contributed by atoms with Crippen molar-refractivity contribution in [1.82, 2.24) is 10.3 Å². The van der Waals surface area contributed by atoms with E-state index < -0.39 is 0 Å². The number of hydrogen-bond acceptors (Lipinski definition) is 4. The first kappa shape index (κ1) is 12.3. The van der Waals surface area contributed by atoms with E-state index in [1.165, 1.54) is 22.7 Å². The summed E-state index contributed by atoms with van der Waals surface area (Å²) in [5.41, 5.74) is 0. The summed E-state index contributed by atoms with van der Waals surface area (Å²) in [5, 5.41) is 9.29. The Morgan fingerprint density at radius 3 is 2.83 bits per heavy atom. The van der Waals surface area contributed by atoms with Gasteiger partial charge in [0.15, 0.2) is 0 Å². The van der Waals surface area contributed by atoms with Crippen LogP contribution in [0.4, 0.5) is 0 Å². The minimum Gasteiger partial charge on any atom is -0.300 e. The molecule has 2 aromatic rings. The highest BCUT2D eigenvalue weighted by Crippen LogP contribution is 2.43. The third-order valence-electron chi connectivity index (χ3n) is 3.48. The zero-order valence-electron chi connectivity index (χ0n) is 10.5. The van der Waals surface area contributed by atoms with Crippen molar-refractivity contribution < 1.29 is 0 Å². The van der Waals surface area contributed by atoms with Gasteiger partial charge in [-0.15, -0.1) is 22.7 Å². The predicted octanol–water partition coefficient (Wildman–Crippen LogP) is 4.40. The van der Waals surface area contributed by atoms with Gasteiger partial charge in [-0.1, -0.05) is 13.0 Å². The van der Waals surface area contributed by atoms with Gasteiger partial charge in [0.25, 0.3) is 0 Å². The van der Waals surface area contributed by atoms with Crippen LogP contribution in [0.1, 0.15) is 48.2 Å². The SMILES string of the molecule is CCC(NC(c1cccs1)C1CC1)c1nccs1. The molecule has 0 radical (unpaired) electrons. The van der Waals surface area contributed by atoms with Gasteiger partial charge in [0.1, 0.15) is 5.01 Å². The fourth-order valence-electron chi connectivity index (χ4n) is 2.34. The first-order valence-electron chi connectivity index (χ1n) is 6.57. The molecule has 2 heterocycles. The molecule has 0 aromatic carbocycles. The molecule has 0 aliphatic heterocycles. The van der Waals surface area contributed by atoms with Crippen molar-refractivity contribution in [2.75, 3.05) is 0 Å². The summed E-state index contributed by atoms with van der Waals surface area (Å²) >= 11 is 3.63. The van der Waals surface area contributed by atoms with Gasteiger partial charge in [-0.25, -0.2) is 4.98 Å². The summed E-state index contributed by atoms with van der Waals surface area (Å²) in [7, 11) is 0. The number of thiazole rings is 1. The Morgan fingerprint density at radius 2 is 2.28 bits per heavy atom. The summed E-state index contributed by atoms with van der Waals surface area (Å²) in [4.78, 5) is 5.94. The molecule has 1 aliphatic carbocycles. The average Bonchev–Trinajstić information content (AvgIpc) is 2.89. The quantitative estimate of drug-likeness (QED) is 0.847. The summed E-state index contributed by atoms with van der Waals surface area (Å²) in [6.45, 7) is 2.23. The van der Waals surface area contributed by atoms with Crippen LogP contribution in [0.25, 0.3) is 0 Å². The van der Waals surface area contributed by atoms with E-state index in [0.717, 1.165) is 12.3 Å². The average molecular weight is 278 g/mol. The lowest BCUT2D eigenvalue weighted by Crippen LogP contribution is -2.27. The lowest BCUT2D eigenvalue weighted by molar-refractivity contribution is 0.405. The topological polar surface area (TPSA) is 24.9 Å². The monoisotopic (exact) mass is 278 g/mol. The number of hydrogen-bond donors (Lipinski definition) is 1. The molecule has 18 heavy (non-hydrogen) atoms. The largest absolute Gasteiger partial charge is 0.300 e. The van der Waals surface area contributed by atoms with Crippen LogP contribution >= 0.6 is 22.7 Å². The fraction of sp³-hybridized carbons (Fsp3) is 0.500. The van der Waals surface area contributed by atoms with Gasteiger partial charge in [0.2, 0.25) is 0 Å². The molecule has 2 unspecified atom stereocenters. The van der Waals surface area contributed by atoms with E-state index in [1.807, 2.05) is 17.5 Å². The molecule has 2 nitrogen and oxygen atoms in total. The Kier molecular flexibility index (Phi) is 3.77. The number of aromatic nitrogens is 1. The maximum atomic E-state index is 4.46. The van der Waals surface area contributed by atoms with Gasteiger partial charge < -0.3 is 0 Å². The molecular formula is C14H18N2S2. The van der Waals surface area contributed by atoms with Crippen molar-refractivity contribution in [3.05, 3.63) is 39.0 Å². The van der Waals surface area contributed by atoms with Gasteiger partial charge in [-0.05, 0) is 36.6 Å². The second-order valence-electron chi connectivity index (χ2n) is 4.83. The van der Waals surface area contributed by atoms with Crippen molar-refractivity contribution in [1.29, 1.82) is 0 Å². The lowest BCUT2D eigenvalue weighted by atomic mass is 10.1. The Balaban J connectivity index is 1.76. The molecule has 0 amide bonds. The van der Waals surface area contributed by atoms with Crippen molar-refractivity contribution in [2.24, 2.45) is 5.92 Å². The second-order valence-corrected chi connectivity index (χ2v) is 6.73. The van der Waals surface area contributed by atoms with Gasteiger partial charge >= 0.3 is 0 Å². The Morgan fingerprint density at radius 1 is 1.39 bits per heavy atom. The van der Waals surface area contributed by atoms with Gasteiger partial charge in [-0.3, -0.25) is 5.32 Å². The minimum absolute atomic E-state index is 0.401. The van der Waals surface area contributed by atoms with Gasteiger partial charge in [-0.2, -0.15) is 0 Å². The molecule has 4 heteroatoms. The summed E-state index contributed by atoms with van der Waals surface area (Å²) < 4.78 is 0. The van der Waals surface area contributed by atoms with Crippen molar-refractivity contribution in [2.45, 2.75) is 38.3 Å². The number of nitrogens with one attached hydrogen (secondary N) is 1. The highest BCUT2D eigenvalue weighted by atomic mass is 32.1. The first-order chi connectivity index (χ1) is 8.88. The molecular weight excluding hydrogens is 260 g/mol. The normalized spacial score (nSPS) is 18.7. The van der Waals surface area contributed by atoms with E-state index in [9.17, 15) is 0 Å². The summed E-state index contributed by atoms with van der Waals surface area (Å²) in [5.74, 6) is 0.831. The van der Waals surface area contributed by atoms with Crippen molar-refractivity contribution >= 4 is 22.7 Å². The van der Waals surface area contributed by atoms with Crippen LogP contribution in [0.5, 0.6) is 0 Å². The third-order valence-corrected chi connectivity index (χ3v) is 5.33. The molecule has 0 spiro atoms. The van der Waals surface area contributed by atoms with E-state index >= 15 is 0 Å². The smallest absolute Gasteiger partial charge is 0.109 e. The van der Waals surface area contributed by atoms with Crippen LogP contribution in [-0.4, -0.2) is 4.98 Å². The molecule has 2 aromatic heterocycles. The van der Waals surface area contributed by atoms with Crippen LogP contribution in [0.3, 0.4) is 0 Å². The molecule has 1 saturated carbocycles. The number of rotatable bonds is 6. The van der Waals surface area contributed by atoms with Crippen molar-refractivity contribution in [3.8, 4) is 0 Å². The van der Waals surface area contributed by atoms with Crippen LogP contribution in [0.15, 0.2) is 29.1 Å². The highest BCUT2D eigenvalue weighted by molar-refractivity contribution is 7.10. The molecule has 1 fully saturated rings. The van der Waals surface area contributed by atoms with E-state index in [-0.39, 0.29) is 0 Å². The third kappa shape index (κ3) is 2.66. The van der Waals surface area contributed by atoms with E-state index in [1.54, 1.807) is 11.3 Å². The molecule has 1 N–H and O–H groups in total. The highest BCUT2D eigenvalue weighted by Gasteiger charge is 2.34. The Bertz CT molecular complexity index is 460. The predicted molar refractivity (Wildman–Crippen MR) is 78.1 cm³/mol. The molecule has 0 bridgehead atoms. The molecule has 96 valence electrons. The first-order valence-corrected chi connectivity index (χ1v) is 8.33. The maximum Gasteiger partial charge on any atom is 0.109 e. The summed E-state index contributed by atoms with van der Waals surface area (Å²) in [6.07, 6.45) is 5.73. The number of thiophene rings is 1. The van der Waals surface area contributed by atoms with Gasteiger partial charge in [0.05, 0.1) is 6.04 Å².